The SMILES string of the molecule is N#Cc1ccc(Br)cc1Oc1ccccc1. The molecular formula is C13H8BrNO. The summed E-state index contributed by atoms with van der Waals surface area (Å²) in [6.07, 6.45) is 0. The summed E-state index contributed by atoms with van der Waals surface area (Å²) in [4.78, 5) is 0. The van der Waals surface area contributed by atoms with Gasteiger partial charge in [-0.15, -0.1) is 0 Å². The van der Waals surface area contributed by atoms with Gasteiger partial charge in [-0.25, -0.2) is 0 Å². The van der Waals surface area contributed by atoms with Crippen LogP contribution in [0.3, 0.4) is 0 Å². The van der Waals surface area contributed by atoms with Crippen LogP contribution in [-0.2, 0) is 0 Å². The van der Waals surface area contributed by atoms with Gasteiger partial charge in [0.15, 0.2) is 0 Å². The highest BCUT2D eigenvalue weighted by molar-refractivity contribution is 9.10. The molecule has 0 aromatic heterocycles. The number of nitriles is 1. The number of hydrogen-bond donors (Lipinski definition) is 0. The highest BCUT2D eigenvalue weighted by atomic mass is 79.9. The summed E-state index contributed by atoms with van der Waals surface area (Å²) in [6.45, 7) is 0. The number of benzene rings is 2. The molecule has 0 saturated heterocycles. The van der Waals surface area contributed by atoms with Gasteiger partial charge in [0, 0.05) is 4.47 Å². The summed E-state index contributed by atoms with van der Waals surface area (Å²) in [5.74, 6) is 1.28. The van der Waals surface area contributed by atoms with Gasteiger partial charge in [0.05, 0.1) is 5.56 Å². The van der Waals surface area contributed by atoms with Crippen molar-refractivity contribution >= 4 is 15.9 Å². The third-order valence-electron chi connectivity index (χ3n) is 2.04. The second-order valence-electron chi connectivity index (χ2n) is 3.17. The lowest BCUT2D eigenvalue weighted by molar-refractivity contribution is 0.481. The maximum atomic E-state index is 8.94. The summed E-state index contributed by atoms with van der Waals surface area (Å²) in [7, 11) is 0. The predicted molar refractivity (Wildman–Crippen MR) is 65.4 cm³/mol. The molecule has 0 fully saturated rings. The highest BCUT2D eigenvalue weighted by Crippen LogP contribution is 2.27. The monoisotopic (exact) mass is 273 g/mol. The molecule has 0 bridgehead atoms. The first-order valence-corrected chi connectivity index (χ1v) is 5.51. The lowest BCUT2D eigenvalue weighted by Crippen LogP contribution is -1.87. The molecule has 16 heavy (non-hydrogen) atoms. The van der Waals surface area contributed by atoms with Crippen LogP contribution in [0.2, 0.25) is 0 Å². The Hall–Kier alpha value is -1.79. The van der Waals surface area contributed by atoms with E-state index in [0.29, 0.717) is 11.3 Å². The molecule has 0 aliphatic heterocycles. The smallest absolute Gasteiger partial charge is 0.146 e. The van der Waals surface area contributed by atoms with E-state index in [1.807, 2.05) is 36.4 Å². The Morgan fingerprint density at radius 1 is 1.06 bits per heavy atom. The molecule has 0 radical (unpaired) electrons. The van der Waals surface area contributed by atoms with Crippen LogP contribution < -0.4 is 4.74 Å². The maximum absolute atomic E-state index is 8.94. The van der Waals surface area contributed by atoms with E-state index >= 15 is 0 Å². The molecule has 0 N–H and O–H groups in total. The zero-order chi connectivity index (χ0) is 11.4. The van der Waals surface area contributed by atoms with E-state index in [1.54, 1.807) is 12.1 Å². The van der Waals surface area contributed by atoms with Crippen molar-refractivity contribution in [3.63, 3.8) is 0 Å². The van der Waals surface area contributed by atoms with Crippen molar-refractivity contribution in [1.29, 1.82) is 5.26 Å². The average Bonchev–Trinajstić information content (AvgIpc) is 2.31. The van der Waals surface area contributed by atoms with Crippen LogP contribution in [0, 0.1) is 11.3 Å². The molecule has 0 atom stereocenters. The molecule has 0 heterocycles. The number of rotatable bonds is 2. The maximum Gasteiger partial charge on any atom is 0.146 e. The topological polar surface area (TPSA) is 33.0 Å². The minimum atomic E-state index is 0.520. The summed E-state index contributed by atoms with van der Waals surface area (Å²) < 4.78 is 6.52. The lowest BCUT2D eigenvalue weighted by Gasteiger charge is -2.07. The summed E-state index contributed by atoms with van der Waals surface area (Å²) in [6, 6.07) is 16.8. The molecular weight excluding hydrogens is 266 g/mol. The van der Waals surface area contributed by atoms with Crippen LogP contribution in [0.1, 0.15) is 5.56 Å². The summed E-state index contributed by atoms with van der Waals surface area (Å²) in [5, 5.41) is 8.94. The van der Waals surface area contributed by atoms with Crippen LogP contribution in [0.15, 0.2) is 53.0 Å². The van der Waals surface area contributed by atoms with E-state index in [4.69, 9.17) is 10.00 Å². The van der Waals surface area contributed by atoms with Crippen molar-refractivity contribution in [2.24, 2.45) is 0 Å². The van der Waals surface area contributed by atoms with Crippen molar-refractivity contribution in [2.75, 3.05) is 0 Å². The van der Waals surface area contributed by atoms with Crippen molar-refractivity contribution in [3.05, 3.63) is 58.6 Å². The van der Waals surface area contributed by atoms with E-state index < -0.39 is 0 Å². The zero-order valence-electron chi connectivity index (χ0n) is 8.35. The fourth-order valence-electron chi connectivity index (χ4n) is 1.29. The van der Waals surface area contributed by atoms with E-state index in [2.05, 4.69) is 22.0 Å². The normalized spacial score (nSPS) is 9.50. The molecule has 0 amide bonds. The minimum absolute atomic E-state index is 0.520. The average molecular weight is 274 g/mol. The van der Waals surface area contributed by atoms with Crippen molar-refractivity contribution in [3.8, 4) is 17.6 Å². The molecule has 2 aromatic carbocycles. The van der Waals surface area contributed by atoms with E-state index in [9.17, 15) is 0 Å². The predicted octanol–water partition coefficient (Wildman–Crippen LogP) is 4.11. The zero-order valence-corrected chi connectivity index (χ0v) is 9.94. The Balaban J connectivity index is 2.35. The molecule has 2 nitrogen and oxygen atoms in total. The van der Waals surface area contributed by atoms with Crippen molar-refractivity contribution < 1.29 is 4.74 Å². The first kappa shape index (κ1) is 10.7. The van der Waals surface area contributed by atoms with Gasteiger partial charge < -0.3 is 4.74 Å². The van der Waals surface area contributed by atoms with Crippen molar-refractivity contribution in [2.45, 2.75) is 0 Å². The Kier molecular flexibility index (Phi) is 3.23. The standard InChI is InChI=1S/C13H8BrNO/c14-11-7-6-10(9-15)13(8-11)16-12-4-2-1-3-5-12/h1-8H. The highest BCUT2D eigenvalue weighted by Gasteiger charge is 2.04. The molecule has 0 aliphatic carbocycles. The van der Waals surface area contributed by atoms with Crippen LogP contribution in [0.25, 0.3) is 0 Å². The molecule has 78 valence electrons. The fourth-order valence-corrected chi connectivity index (χ4v) is 1.63. The van der Waals surface area contributed by atoms with Gasteiger partial charge in [-0.1, -0.05) is 34.1 Å². The third-order valence-corrected chi connectivity index (χ3v) is 2.53. The summed E-state index contributed by atoms with van der Waals surface area (Å²) in [5.41, 5.74) is 0.520. The number of nitrogens with zero attached hydrogens (tertiary/aromatic N) is 1. The van der Waals surface area contributed by atoms with E-state index in [0.717, 1.165) is 10.2 Å². The number of ether oxygens (including phenoxy) is 1. The Bertz CT molecular complexity index is 531. The molecule has 0 spiro atoms. The second-order valence-corrected chi connectivity index (χ2v) is 4.08. The van der Waals surface area contributed by atoms with Gasteiger partial charge in [0.25, 0.3) is 0 Å². The minimum Gasteiger partial charge on any atom is -0.456 e. The van der Waals surface area contributed by atoms with Crippen LogP contribution in [-0.4, -0.2) is 0 Å². The van der Waals surface area contributed by atoms with Crippen LogP contribution >= 0.6 is 15.9 Å². The molecule has 0 saturated carbocycles. The summed E-state index contributed by atoms with van der Waals surface area (Å²) >= 11 is 3.35. The molecule has 0 unspecified atom stereocenters. The molecule has 3 heteroatoms. The Labute approximate surface area is 102 Å². The van der Waals surface area contributed by atoms with Gasteiger partial charge in [0.2, 0.25) is 0 Å². The van der Waals surface area contributed by atoms with Crippen molar-refractivity contribution in [1.82, 2.24) is 0 Å². The van der Waals surface area contributed by atoms with E-state index in [-0.39, 0.29) is 0 Å². The Morgan fingerprint density at radius 2 is 1.81 bits per heavy atom. The molecule has 0 aliphatic rings. The Morgan fingerprint density at radius 3 is 2.50 bits per heavy atom. The fraction of sp³-hybridized carbons (Fsp3) is 0. The van der Waals surface area contributed by atoms with Crippen LogP contribution in [0.5, 0.6) is 11.5 Å². The van der Waals surface area contributed by atoms with E-state index in [1.165, 1.54) is 0 Å². The van der Waals surface area contributed by atoms with Gasteiger partial charge in [-0.05, 0) is 30.3 Å². The van der Waals surface area contributed by atoms with Gasteiger partial charge in [-0.2, -0.15) is 5.26 Å². The van der Waals surface area contributed by atoms with Gasteiger partial charge >= 0.3 is 0 Å². The second kappa shape index (κ2) is 4.82. The molecule has 2 rings (SSSR count). The first-order chi connectivity index (χ1) is 7.79. The molecule has 2 aromatic rings. The van der Waals surface area contributed by atoms with Gasteiger partial charge in [-0.3, -0.25) is 0 Å². The van der Waals surface area contributed by atoms with Gasteiger partial charge in [0.1, 0.15) is 17.6 Å². The number of para-hydroxylation sites is 1. The lowest BCUT2D eigenvalue weighted by atomic mass is 10.2. The number of hydrogen-bond acceptors (Lipinski definition) is 2. The number of halogens is 1. The first-order valence-electron chi connectivity index (χ1n) is 4.72. The van der Waals surface area contributed by atoms with Crippen LogP contribution in [0.4, 0.5) is 0 Å². The quantitative estimate of drug-likeness (QED) is 0.825. The largest absolute Gasteiger partial charge is 0.456 e. The third kappa shape index (κ3) is 2.41.